The smallest absolute Gasteiger partial charge is 0.240 e. The Balaban J connectivity index is 4.06. The highest BCUT2D eigenvalue weighted by Crippen LogP contribution is 1.73. The molecule has 13 heavy (non-hydrogen) atoms. The van der Waals surface area contributed by atoms with Crippen LogP contribution in [-0.4, -0.2) is 10.4 Å². The van der Waals surface area contributed by atoms with Crippen molar-refractivity contribution in [3.05, 3.63) is 42.8 Å². The lowest BCUT2D eigenvalue weighted by Crippen LogP contribution is -2.48. The first-order valence-corrected chi connectivity index (χ1v) is 3.33. The van der Waals surface area contributed by atoms with Crippen molar-refractivity contribution in [1.82, 2.24) is 0 Å². The van der Waals surface area contributed by atoms with Gasteiger partial charge in [-0.25, -0.2) is 0 Å². The molecule has 0 aliphatic heterocycles. The molecule has 0 fully saturated rings. The molecule has 0 unspecified atom stereocenters. The van der Waals surface area contributed by atoms with Crippen molar-refractivity contribution >= 4 is 0 Å². The summed E-state index contributed by atoms with van der Waals surface area (Å²) in [6, 6.07) is 1.06. The normalized spacial score (nSPS) is 13.6. The molecule has 0 saturated heterocycles. The van der Waals surface area contributed by atoms with E-state index in [4.69, 9.17) is 10.4 Å². The van der Waals surface area contributed by atoms with Crippen LogP contribution in [0.25, 0.3) is 0 Å². The third-order valence-electron chi connectivity index (χ3n) is 1.58. The standard InChI is InChI=1S/C7H6N2O4/c1-3-2-4(10)6(9-13)7(11)5(3)8-12/h2,12-13H,1H3/b8-5+,9-6-. The molecule has 68 valence electrons. The summed E-state index contributed by atoms with van der Waals surface area (Å²) in [5.74, 6) is 0. The zero-order chi connectivity index (χ0) is 10.0. The molecule has 1 rings (SSSR count). The first-order valence-electron chi connectivity index (χ1n) is 3.33. The van der Waals surface area contributed by atoms with E-state index < -0.39 is 16.2 Å². The fourth-order valence-electron chi connectivity index (χ4n) is 0.955. The van der Waals surface area contributed by atoms with Crippen molar-refractivity contribution in [3.63, 3.8) is 0 Å². The predicted octanol–water partition coefficient (Wildman–Crippen LogP) is -1.83. The fraction of sp³-hybridized carbons (Fsp3) is 0.143. The highest BCUT2D eigenvalue weighted by molar-refractivity contribution is 5.12. The van der Waals surface area contributed by atoms with Gasteiger partial charge in [0.2, 0.25) is 10.9 Å². The number of nitrogens with zero attached hydrogens (tertiary/aromatic N) is 2. The quantitative estimate of drug-likeness (QED) is 0.364. The van der Waals surface area contributed by atoms with Crippen LogP contribution in [0, 0.1) is 6.92 Å². The van der Waals surface area contributed by atoms with Gasteiger partial charge in [0.25, 0.3) is 0 Å². The third-order valence-corrected chi connectivity index (χ3v) is 1.58. The van der Waals surface area contributed by atoms with Gasteiger partial charge in [0.15, 0.2) is 10.7 Å². The van der Waals surface area contributed by atoms with Crippen LogP contribution in [0.3, 0.4) is 0 Å². The Hall–Kier alpha value is -1.98. The minimum atomic E-state index is -0.880. The maximum atomic E-state index is 11.2. The molecule has 6 heteroatoms. The number of benzene rings is 1. The molecule has 0 bridgehead atoms. The summed E-state index contributed by atoms with van der Waals surface area (Å²) in [5.41, 5.74) is -1.34. The van der Waals surface area contributed by atoms with Crippen LogP contribution in [0.1, 0.15) is 5.56 Å². The molecule has 0 radical (unpaired) electrons. The number of aryl methyl sites for hydroxylation is 1. The predicted molar refractivity (Wildman–Crippen MR) is 40.8 cm³/mol. The van der Waals surface area contributed by atoms with Gasteiger partial charge in [-0.05, 0) is 18.6 Å². The van der Waals surface area contributed by atoms with E-state index in [-0.39, 0.29) is 10.9 Å². The molecule has 2 N–H and O–H groups in total. The molecule has 0 aromatic heterocycles. The van der Waals surface area contributed by atoms with E-state index in [0.717, 1.165) is 6.07 Å². The van der Waals surface area contributed by atoms with Crippen molar-refractivity contribution in [2.75, 3.05) is 0 Å². The van der Waals surface area contributed by atoms with Gasteiger partial charge in [0, 0.05) is 0 Å². The second-order valence-electron chi connectivity index (χ2n) is 2.42. The zero-order valence-corrected chi connectivity index (χ0v) is 6.68. The zero-order valence-electron chi connectivity index (χ0n) is 6.68. The molecule has 0 aliphatic carbocycles. The topological polar surface area (TPSA) is 99.3 Å². The maximum absolute atomic E-state index is 11.2. The molecule has 0 aliphatic rings. The Morgan fingerprint density at radius 2 is 1.69 bits per heavy atom. The van der Waals surface area contributed by atoms with Gasteiger partial charge in [-0.15, -0.1) is 0 Å². The van der Waals surface area contributed by atoms with Crippen LogP contribution in [0.15, 0.2) is 26.0 Å². The van der Waals surface area contributed by atoms with Crippen molar-refractivity contribution < 1.29 is 10.4 Å². The number of rotatable bonds is 0. The Labute approximate surface area is 71.4 Å². The van der Waals surface area contributed by atoms with Crippen molar-refractivity contribution in [3.8, 4) is 0 Å². The van der Waals surface area contributed by atoms with Crippen molar-refractivity contribution in [1.29, 1.82) is 0 Å². The van der Waals surface area contributed by atoms with Crippen LogP contribution < -0.4 is 21.6 Å². The summed E-state index contributed by atoms with van der Waals surface area (Å²) in [4.78, 5) is 22.1. The van der Waals surface area contributed by atoms with Gasteiger partial charge < -0.3 is 10.4 Å². The van der Waals surface area contributed by atoms with Gasteiger partial charge in [-0.1, -0.05) is 10.3 Å². The van der Waals surface area contributed by atoms with Gasteiger partial charge >= 0.3 is 0 Å². The molecular weight excluding hydrogens is 176 g/mol. The van der Waals surface area contributed by atoms with Crippen molar-refractivity contribution in [2.45, 2.75) is 6.92 Å². The lowest BCUT2D eigenvalue weighted by atomic mass is 10.2. The summed E-state index contributed by atoms with van der Waals surface area (Å²) >= 11 is 0. The Kier molecular flexibility index (Phi) is 2.23. The average Bonchev–Trinajstić information content (AvgIpc) is 2.04. The highest BCUT2D eigenvalue weighted by atomic mass is 16.4. The van der Waals surface area contributed by atoms with Crippen LogP contribution in [-0.2, 0) is 0 Å². The van der Waals surface area contributed by atoms with E-state index in [1.165, 1.54) is 6.92 Å². The molecule has 1 aromatic carbocycles. The van der Waals surface area contributed by atoms with E-state index in [9.17, 15) is 9.59 Å². The first kappa shape index (κ1) is 9.11. The van der Waals surface area contributed by atoms with Crippen molar-refractivity contribution in [2.24, 2.45) is 10.3 Å². The van der Waals surface area contributed by atoms with Gasteiger partial charge in [-0.3, -0.25) is 9.59 Å². The Morgan fingerprint density at radius 3 is 2.15 bits per heavy atom. The molecule has 0 saturated carbocycles. The molecule has 0 atom stereocenters. The second-order valence-corrected chi connectivity index (χ2v) is 2.42. The molecule has 6 nitrogen and oxygen atoms in total. The van der Waals surface area contributed by atoms with Crippen LogP contribution >= 0.6 is 0 Å². The summed E-state index contributed by atoms with van der Waals surface area (Å²) in [5, 5.41) is 21.0. The molecule has 0 heterocycles. The summed E-state index contributed by atoms with van der Waals surface area (Å²) < 4.78 is 0. The molecule has 1 aromatic rings. The summed E-state index contributed by atoms with van der Waals surface area (Å²) in [6.07, 6.45) is 0. The van der Waals surface area contributed by atoms with E-state index in [1.54, 1.807) is 0 Å². The number of hydrogen-bond donors (Lipinski definition) is 2. The average molecular weight is 182 g/mol. The van der Waals surface area contributed by atoms with Crippen LogP contribution in [0.5, 0.6) is 0 Å². The number of hydrogen-bond acceptors (Lipinski definition) is 6. The minimum absolute atomic E-state index is 0.241. The fourth-order valence-corrected chi connectivity index (χ4v) is 0.955. The second kappa shape index (κ2) is 3.18. The summed E-state index contributed by atoms with van der Waals surface area (Å²) in [7, 11) is 0. The van der Waals surface area contributed by atoms with Crippen LogP contribution in [0.2, 0.25) is 0 Å². The highest BCUT2D eigenvalue weighted by Gasteiger charge is 2.04. The Morgan fingerprint density at radius 1 is 1.15 bits per heavy atom. The molecule has 0 amide bonds. The van der Waals surface area contributed by atoms with Gasteiger partial charge in [0.05, 0.1) is 0 Å². The lowest BCUT2D eigenvalue weighted by molar-refractivity contribution is 0.295. The SMILES string of the molecule is Cc1cc(=O)/c(=N/O)c(=O)/c1=N/O. The lowest BCUT2D eigenvalue weighted by Gasteiger charge is -1.87. The van der Waals surface area contributed by atoms with E-state index in [0.29, 0.717) is 0 Å². The largest absolute Gasteiger partial charge is 0.410 e. The minimum Gasteiger partial charge on any atom is -0.410 e. The van der Waals surface area contributed by atoms with E-state index >= 15 is 0 Å². The Bertz CT molecular complexity index is 537. The summed E-state index contributed by atoms with van der Waals surface area (Å²) in [6.45, 7) is 1.44. The first-order chi connectivity index (χ1) is 6.11. The molecular formula is C7H6N2O4. The molecule has 0 spiro atoms. The maximum Gasteiger partial charge on any atom is 0.240 e. The van der Waals surface area contributed by atoms with E-state index in [2.05, 4.69) is 10.3 Å². The van der Waals surface area contributed by atoms with Gasteiger partial charge in [0.1, 0.15) is 0 Å². The van der Waals surface area contributed by atoms with Gasteiger partial charge in [-0.2, -0.15) is 0 Å². The monoisotopic (exact) mass is 182 g/mol. The van der Waals surface area contributed by atoms with E-state index in [1.807, 2.05) is 0 Å². The van der Waals surface area contributed by atoms with Crippen LogP contribution in [0.4, 0.5) is 0 Å². The third kappa shape index (κ3) is 1.33.